The van der Waals surface area contributed by atoms with Crippen molar-refractivity contribution in [3.8, 4) is 0 Å². The van der Waals surface area contributed by atoms with Gasteiger partial charge in [0, 0.05) is 13.1 Å². The summed E-state index contributed by atoms with van der Waals surface area (Å²) in [7, 11) is 0. The molecular weight excluding hydrogens is 230 g/mol. The first-order chi connectivity index (χ1) is 8.50. The van der Waals surface area contributed by atoms with Gasteiger partial charge in [0.2, 0.25) is 5.91 Å². The minimum absolute atomic E-state index is 0.152. The van der Waals surface area contributed by atoms with Crippen molar-refractivity contribution < 1.29 is 9.59 Å². The molecule has 0 aliphatic carbocycles. The Labute approximate surface area is 109 Å². The van der Waals surface area contributed by atoms with Crippen LogP contribution in [0, 0.1) is 5.92 Å². The first-order valence-corrected chi connectivity index (χ1v) is 6.85. The average Bonchev–Trinajstić information content (AvgIpc) is 2.55. The zero-order valence-corrected chi connectivity index (χ0v) is 11.4. The number of nitrogens with two attached hydrogens (primary N) is 1. The molecule has 1 rings (SSSR count). The van der Waals surface area contributed by atoms with Crippen LogP contribution in [0.2, 0.25) is 0 Å². The number of urea groups is 1. The Morgan fingerprint density at radius 3 is 2.17 bits per heavy atom. The lowest BCUT2D eigenvalue weighted by atomic mass is 10.0. The Bertz CT molecular complexity index is 284. The Morgan fingerprint density at radius 2 is 1.72 bits per heavy atom. The van der Waals surface area contributed by atoms with E-state index in [9.17, 15) is 9.59 Å². The van der Waals surface area contributed by atoms with Crippen molar-refractivity contribution in [2.75, 3.05) is 13.1 Å². The molecular formula is C13H25N3O2. The second-order valence-electron chi connectivity index (χ2n) is 5.44. The zero-order chi connectivity index (χ0) is 13.5. The Balaban J connectivity index is 2.51. The Kier molecular flexibility index (Phi) is 5.95. The van der Waals surface area contributed by atoms with E-state index in [1.807, 2.05) is 13.8 Å². The first kappa shape index (κ1) is 14.8. The minimum Gasteiger partial charge on any atom is -0.368 e. The molecule has 104 valence electrons. The van der Waals surface area contributed by atoms with Crippen molar-refractivity contribution >= 4 is 11.9 Å². The lowest BCUT2D eigenvalue weighted by molar-refractivity contribution is -0.120. The Morgan fingerprint density at radius 1 is 1.17 bits per heavy atom. The number of likely N-dealkylation sites (tertiary alicyclic amines) is 1. The minimum atomic E-state index is -0.555. The van der Waals surface area contributed by atoms with E-state index in [2.05, 4.69) is 5.32 Å². The number of carbonyl (C=O) groups excluding carboxylic acids is 2. The molecule has 0 aromatic heterocycles. The quantitative estimate of drug-likeness (QED) is 0.798. The summed E-state index contributed by atoms with van der Waals surface area (Å²) in [4.78, 5) is 25.2. The summed E-state index contributed by atoms with van der Waals surface area (Å²) in [6.45, 7) is 5.57. The van der Waals surface area contributed by atoms with Gasteiger partial charge in [-0.15, -0.1) is 0 Å². The van der Waals surface area contributed by atoms with Gasteiger partial charge in [-0.1, -0.05) is 26.7 Å². The van der Waals surface area contributed by atoms with Gasteiger partial charge >= 0.3 is 6.03 Å². The zero-order valence-electron chi connectivity index (χ0n) is 11.4. The van der Waals surface area contributed by atoms with Crippen LogP contribution in [-0.4, -0.2) is 36.0 Å². The van der Waals surface area contributed by atoms with E-state index in [1.54, 1.807) is 4.90 Å². The summed E-state index contributed by atoms with van der Waals surface area (Å²) >= 11 is 0. The highest BCUT2D eigenvalue weighted by Crippen LogP contribution is 2.10. The molecule has 1 fully saturated rings. The fourth-order valence-electron chi connectivity index (χ4n) is 2.23. The summed E-state index contributed by atoms with van der Waals surface area (Å²) in [5.74, 6) is -0.126. The van der Waals surface area contributed by atoms with Crippen molar-refractivity contribution in [1.82, 2.24) is 10.2 Å². The maximum absolute atomic E-state index is 12.1. The standard InChI is InChI=1S/C13H25N3O2/c1-10(2)9-11(12(14)17)15-13(18)16-7-5-3-4-6-8-16/h10-11H,3-9H2,1-2H3,(H2,14,17)(H,15,18)/t11-/m0/s1. The molecule has 0 bridgehead atoms. The summed E-state index contributed by atoms with van der Waals surface area (Å²) in [6, 6.07) is -0.706. The highest BCUT2D eigenvalue weighted by atomic mass is 16.2. The van der Waals surface area contributed by atoms with E-state index in [1.165, 1.54) is 12.8 Å². The molecule has 18 heavy (non-hydrogen) atoms. The number of nitrogens with zero attached hydrogens (tertiary/aromatic N) is 1. The third-order valence-electron chi connectivity index (χ3n) is 3.24. The number of hydrogen-bond donors (Lipinski definition) is 2. The summed E-state index contributed by atoms with van der Waals surface area (Å²) in [5.41, 5.74) is 5.32. The van der Waals surface area contributed by atoms with Crippen LogP contribution in [-0.2, 0) is 4.79 Å². The molecule has 0 spiro atoms. The van der Waals surface area contributed by atoms with Crippen LogP contribution < -0.4 is 11.1 Å². The number of primary amides is 1. The smallest absolute Gasteiger partial charge is 0.318 e. The van der Waals surface area contributed by atoms with Crippen molar-refractivity contribution in [2.45, 2.75) is 52.0 Å². The maximum Gasteiger partial charge on any atom is 0.318 e. The van der Waals surface area contributed by atoms with Gasteiger partial charge in [0.25, 0.3) is 0 Å². The summed E-state index contributed by atoms with van der Waals surface area (Å²) in [6.07, 6.45) is 5.02. The van der Waals surface area contributed by atoms with Crippen LogP contribution in [0.15, 0.2) is 0 Å². The molecule has 1 aliphatic heterocycles. The molecule has 0 aromatic carbocycles. The van der Waals surface area contributed by atoms with Crippen molar-refractivity contribution in [3.05, 3.63) is 0 Å². The van der Waals surface area contributed by atoms with Crippen LogP contribution in [0.25, 0.3) is 0 Å². The second-order valence-corrected chi connectivity index (χ2v) is 5.44. The van der Waals surface area contributed by atoms with Crippen LogP contribution in [0.4, 0.5) is 4.79 Å². The number of nitrogens with one attached hydrogen (secondary N) is 1. The molecule has 1 saturated heterocycles. The van der Waals surface area contributed by atoms with E-state index in [4.69, 9.17) is 5.73 Å². The van der Waals surface area contributed by atoms with Crippen molar-refractivity contribution in [2.24, 2.45) is 11.7 Å². The van der Waals surface area contributed by atoms with Crippen molar-refractivity contribution in [3.63, 3.8) is 0 Å². The lowest BCUT2D eigenvalue weighted by Crippen LogP contribution is -2.50. The topological polar surface area (TPSA) is 75.4 Å². The van der Waals surface area contributed by atoms with E-state index in [0.717, 1.165) is 25.9 Å². The van der Waals surface area contributed by atoms with E-state index >= 15 is 0 Å². The maximum atomic E-state index is 12.1. The predicted molar refractivity (Wildman–Crippen MR) is 71.0 cm³/mol. The monoisotopic (exact) mass is 255 g/mol. The molecule has 1 aliphatic rings. The normalized spacial score (nSPS) is 18.3. The van der Waals surface area contributed by atoms with Crippen LogP contribution in [0.1, 0.15) is 46.0 Å². The largest absolute Gasteiger partial charge is 0.368 e. The molecule has 0 aromatic rings. The van der Waals surface area contributed by atoms with Gasteiger partial charge in [-0.2, -0.15) is 0 Å². The van der Waals surface area contributed by atoms with Gasteiger partial charge in [0.1, 0.15) is 6.04 Å². The average molecular weight is 255 g/mol. The van der Waals surface area contributed by atoms with E-state index in [0.29, 0.717) is 12.3 Å². The molecule has 0 radical (unpaired) electrons. The molecule has 5 nitrogen and oxygen atoms in total. The molecule has 0 saturated carbocycles. The SMILES string of the molecule is CC(C)C[C@H](NC(=O)N1CCCCCC1)C(N)=O. The van der Waals surface area contributed by atoms with Gasteiger partial charge in [-0.25, -0.2) is 4.79 Å². The molecule has 3 N–H and O–H groups in total. The van der Waals surface area contributed by atoms with Gasteiger partial charge in [-0.05, 0) is 25.2 Å². The van der Waals surface area contributed by atoms with Gasteiger partial charge in [-0.3, -0.25) is 4.79 Å². The molecule has 1 heterocycles. The molecule has 0 unspecified atom stereocenters. The number of amides is 3. The highest BCUT2D eigenvalue weighted by Gasteiger charge is 2.22. The van der Waals surface area contributed by atoms with E-state index < -0.39 is 11.9 Å². The van der Waals surface area contributed by atoms with E-state index in [-0.39, 0.29) is 6.03 Å². The van der Waals surface area contributed by atoms with Gasteiger partial charge < -0.3 is 16.0 Å². The molecule has 5 heteroatoms. The summed E-state index contributed by atoms with van der Waals surface area (Å²) < 4.78 is 0. The van der Waals surface area contributed by atoms with Gasteiger partial charge in [0.05, 0.1) is 0 Å². The number of hydrogen-bond acceptors (Lipinski definition) is 2. The van der Waals surface area contributed by atoms with Crippen molar-refractivity contribution in [1.29, 1.82) is 0 Å². The van der Waals surface area contributed by atoms with Crippen LogP contribution in [0.3, 0.4) is 0 Å². The molecule has 1 atom stereocenters. The predicted octanol–water partition coefficient (Wildman–Crippen LogP) is 1.47. The first-order valence-electron chi connectivity index (χ1n) is 6.85. The number of rotatable bonds is 4. The fraction of sp³-hybridized carbons (Fsp3) is 0.846. The van der Waals surface area contributed by atoms with Crippen LogP contribution >= 0.6 is 0 Å². The fourth-order valence-corrected chi connectivity index (χ4v) is 2.23. The number of carbonyl (C=O) groups is 2. The van der Waals surface area contributed by atoms with Gasteiger partial charge in [0.15, 0.2) is 0 Å². The molecule has 3 amide bonds. The highest BCUT2D eigenvalue weighted by molar-refractivity contribution is 5.85. The third kappa shape index (κ3) is 4.94. The second kappa shape index (κ2) is 7.24. The summed E-state index contributed by atoms with van der Waals surface area (Å²) in [5, 5.41) is 2.76. The van der Waals surface area contributed by atoms with Crippen LogP contribution in [0.5, 0.6) is 0 Å². The lowest BCUT2D eigenvalue weighted by Gasteiger charge is -2.24. The Hall–Kier alpha value is -1.26. The third-order valence-corrected chi connectivity index (χ3v) is 3.24.